The van der Waals surface area contributed by atoms with Crippen molar-refractivity contribution < 1.29 is 4.79 Å². The number of nitrogens with zero attached hydrogens (tertiary/aromatic N) is 1. The molecule has 0 aliphatic carbocycles. The third kappa shape index (κ3) is 3.44. The minimum atomic E-state index is 0.0386. The molecule has 2 N–H and O–H groups in total. The average molecular weight is 258 g/mol. The number of carbonyl (C=O) groups excluding carboxylic acids is 1. The van der Waals surface area contributed by atoms with Crippen LogP contribution in [0.15, 0.2) is 36.4 Å². The molecule has 1 unspecified atom stereocenters. The number of hydrogen-bond donors (Lipinski definition) is 1. The fraction of sp³-hybridized carbons (Fsp3) is 0.438. The van der Waals surface area contributed by atoms with Crippen molar-refractivity contribution in [2.45, 2.75) is 19.8 Å². The molecular weight excluding hydrogens is 236 g/mol. The van der Waals surface area contributed by atoms with Crippen LogP contribution in [0.5, 0.6) is 0 Å². The summed E-state index contributed by atoms with van der Waals surface area (Å²) in [5.41, 5.74) is 8.12. The number of benzene rings is 1. The highest BCUT2D eigenvalue weighted by Gasteiger charge is 2.21. The molecule has 0 saturated heterocycles. The van der Waals surface area contributed by atoms with E-state index in [2.05, 4.69) is 30.3 Å². The Hall–Kier alpha value is -1.61. The lowest BCUT2D eigenvalue weighted by atomic mass is 9.98. The van der Waals surface area contributed by atoms with E-state index in [4.69, 9.17) is 5.73 Å². The molecule has 3 heteroatoms. The summed E-state index contributed by atoms with van der Waals surface area (Å²) in [7, 11) is 0. The standard InChI is InChI=1S/C16H22N2O/c1-13(7-10-17)16(19)18-11-8-15(9-12-18)14-5-3-2-4-6-14/h2-6,8,13H,7,9-12,17H2,1H3. The number of rotatable bonds is 4. The predicted molar refractivity (Wildman–Crippen MR) is 78.5 cm³/mol. The molecule has 0 radical (unpaired) electrons. The van der Waals surface area contributed by atoms with Crippen LogP contribution in [0.2, 0.25) is 0 Å². The molecule has 1 aliphatic rings. The molecule has 2 rings (SSSR count). The summed E-state index contributed by atoms with van der Waals surface area (Å²) in [6, 6.07) is 10.4. The van der Waals surface area contributed by atoms with Gasteiger partial charge in [-0.2, -0.15) is 0 Å². The van der Waals surface area contributed by atoms with Gasteiger partial charge < -0.3 is 10.6 Å². The monoisotopic (exact) mass is 258 g/mol. The van der Waals surface area contributed by atoms with Gasteiger partial charge in [-0.3, -0.25) is 4.79 Å². The number of hydrogen-bond acceptors (Lipinski definition) is 2. The molecule has 0 bridgehead atoms. The van der Waals surface area contributed by atoms with Crippen molar-refractivity contribution in [3.63, 3.8) is 0 Å². The fourth-order valence-electron chi connectivity index (χ4n) is 2.47. The fourth-order valence-corrected chi connectivity index (χ4v) is 2.47. The SMILES string of the molecule is CC(CCN)C(=O)N1CC=C(c2ccccc2)CC1. The maximum Gasteiger partial charge on any atom is 0.225 e. The van der Waals surface area contributed by atoms with Gasteiger partial charge in [-0.25, -0.2) is 0 Å². The summed E-state index contributed by atoms with van der Waals surface area (Å²) >= 11 is 0. The van der Waals surface area contributed by atoms with Crippen molar-refractivity contribution in [2.75, 3.05) is 19.6 Å². The zero-order chi connectivity index (χ0) is 13.7. The van der Waals surface area contributed by atoms with Crippen LogP contribution in [0.4, 0.5) is 0 Å². The summed E-state index contributed by atoms with van der Waals surface area (Å²) in [6.07, 6.45) is 3.88. The summed E-state index contributed by atoms with van der Waals surface area (Å²) in [4.78, 5) is 14.1. The summed E-state index contributed by atoms with van der Waals surface area (Å²) in [5, 5.41) is 0. The highest BCUT2D eigenvalue weighted by Crippen LogP contribution is 2.23. The first-order chi connectivity index (χ1) is 9.22. The first-order valence-electron chi connectivity index (χ1n) is 6.95. The van der Waals surface area contributed by atoms with Gasteiger partial charge in [-0.1, -0.05) is 43.3 Å². The van der Waals surface area contributed by atoms with E-state index in [-0.39, 0.29) is 11.8 Å². The van der Waals surface area contributed by atoms with Crippen LogP contribution < -0.4 is 5.73 Å². The van der Waals surface area contributed by atoms with Crippen LogP contribution in [0.1, 0.15) is 25.3 Å². The van der Waals surface area contributed by atoms with E-state index >= 15 is 0 Å². The quantitative estimate of drug-likeness (QED) is 0.900. The number of nitrogens with two attached hydrogens (primary N) is 1. The molecule has 0 saturated carbocycles. The van der Waals surface area contributed by atoms with Crippen LogP contribution >= 0.6 is 0 Å². The second kappa shape index (κ2) is 6.53. The predicted octanol–water partition coefficient (Wildman–Crippen LogP) is 2.29. The van der Waals surface area contributed by atoms with E-state index in [0.717, 1.165) is 25.9 Å². The highest BCUT2D eigenvalue weighted by atomic mass is 16.2. The van der Waals surface area contributed by atoms with E-state index in [1.807, 2.05) is 17.9 Å². The summed E-state index contributed by atoms with van der Waals surface area (Å²) < 4.78 is 0. The Kier molecular flexibility index (Phi) is 4.74. The van der Waals surface area contributed by atoms with Gasteiger partial charge in [0.2, 0.25) is 5.91 Å². The van der Waals surface area contributed by atoms with Gasteiger partial charge >= 0.3 is 0 Å². The zero-order valence-corrected chi connectivity index (χ0v) is 11.5. The maximum absolute atomic E-state index is 12.2. The lowest BCUT2D eigenvalue weighted by Gasteiger charge is -2.29. The van der Waals surface area contributed by atoms with E-state index in [9.17, 15) is 4.79 Å². The second-order valence-electron chi connectivity index (χ2n) is 5.11. The Labute approximate surface area is 115 Å². The Balaban J connectivity index is 1.98. The van der Waals surface area contributed by atoms with Crippen LogP contribution in [0.25, 0.3) is 5.57 Å². The third-order valence-corrected chi connectivity index (χ3v) is 3.69. The normalized spacial score (nSPS) is 16.9. The second-order valence-corrected chi connectivity index (χ2v) is 5.11. The van der Waals surface area contributed by atoms with Crippen molar-refractivity contribution in [1.82, 2.24) is 4.90 Å². The van der Waals surface area contributed by atoms with Crippen LogP contribution in [0.3, 0.4) is 0 Å². The van der Waals surface area contributed by atoms with Crippen LogP contribution in [-0.2, 0) is 4.79 Å². The van der Waals surface area contributed by atoms with Crippen molar-refractivity contribution >= 4 is 11.5 Å². The molecule has 1 aromatic carbocycles. The molecule has 1 aliphatic heterocycles. The molecule has 1 heterocycles. The summed E-state index contributed by atoms with van der Waals surface area (Å²) in [6.45, 7) is 4.07. The lowest BCUT2D eigenvalue weighted by molar-refractivity contribution is -0.134. The van der Waals surface area contributed by atoms with E-state index < -0.39 is 0 Å². The van der Waals surface area contributed by atoms with Gasteiger partial charge in [0.1, 0.15) is 0 Å². The molecular formula is C16H22N2O. The van der Waals surface area contributed by atoms with E-state index in [1.54, 1.807) is 0 Å². The minimum absolute atomic E-state index is 0.0386. The maximum atomic E-state index is 12.2. The average Bonchev–Trinajstić information content (AvgIpc) is 2.48. The molecule has 1 atom stereocenters. The Morgan fingerprint density at radius 2 is 2.11 bits per heavy atom. The van der Waals surface area contributed by atoms with E-state index in [1.165, 1.54) is 11.1 Å². The molecule has 102 valence electrons. The Morgan fingerprint density at radius 1 is 1.37 bits per heavy atom. The molecule has 19 heavy (non-hydrogen) atoms. The van der Waals surface area contributed by atoms with Crippen LogP contribution in [0, 0.1) is 5.92 Å². The van der Waals surface area contributed by atoms with Crippen molar-refractivity contribution in [3.05, 3.63) is 42.0 Å². The van der Waals surface area contributed by atoms with Crippen molar-refractivity contribution in [2.24, 2.45) is 11.7 Å². The molecule has 0 fully saturated rings. The lowest BCUT2D eigenvalue weighted by Crippen LogP contribution is -2.38. The van der Waals surface area contributed by atoms with Crippen molar-refractivity contribution in [3.8, 4) is 0 Å². The van der Waals surface area contributed by atoms with Crippen molar-refractivity contribution in [1.29, 1.82) is 0 Å². The van der Waals surface area contributed by atoms with Gasteiger partial charge in [-0.05, 0) is 30.5 Å². The van der Waals surface area contributed by atoms with Gasteiger partial charge in [-0.15, -0.1) is 0 Å². The van der Waals surface area contributed by atoms with E-state index in [0.29, 0.717) is 6.54 Å². The molecule has 1 amide bonds. The van der Waals surface area contributed by atoms with Gasteiger partial charge in [0, 0.05) is 19.0 Å². The van der Waals surface area contributed by atoms with Gasteiger partial charge in [0.25, 0.3) is 0 Å². The highest BCUT2D eigenvalue weighted by molar-refractivity contribution is 5.80. The Morgan fingerprint density at radius 3 is 2.68 bits per heavy atom. The largest absolute Gasteiger partial charge is 0.338 e. The smallest absolute Gasteiger partial charge is 0.225 e. The minimum Gasteiger partial charge on any atom is -0.338 e. The van der Waals surface area contributed by atoms with Crippen LogP contribution in [-0.4, -0.2) is 30.4 Å². The first-order valence-corrected chi connectivity index (χ1v) is 6.95. The third-order valence-electron chi connectivity index (χ3n) is 3.69. The molecule has 0 spiro atoms. The molecule has 3 nitrogen and oxygen atoms in total. The van der Waals surface area contributed by atoms with Gasteiger partial charge in [0.05, 0.1) is 0 Å². The first kappa shape index (κ1) is 13.8. The van der Waals surface area contributed by atoms with Gasteiger partial charge in [0.15, 0.2) is 0 Å². The topological polar surface area (TPSA) is 46.3 Å². The summed E-state index contributed by atoms with van der Waals surface area (Å²) in [5.74, 6) is 0.269. The zero-order valence-electron chi connectivity index (χ0n) is 11.5. The molecule has 1 aromatic rings. The number of amides is 1. The Bertz CT molecular complexity index is 453. The molecule has 0 aromatic heterocycles. The number of carbonyl (C=O) groups is 1.